The molecule has 0 aromatic heterocycles. The first-order valence-electron chi connectivity index (χ1n) is 7.28. The molecule has 1 heterocycles. The maximum atomic E-state index is 10.3. The summed E-state index contributed by atoms with van der Waals surface area (Å²) < 4.78 is 0. The Balaban J connectivity index is 1.90. The fourth-order valence-electron chi connectivity index (χ4n) is 2.98. The van der Waals surface area contributed by atoms with E-state index in [1.165, 1.54) is 12.8 Å². The van der Waals surface area contributed by atoms with Gasteiger partial charge in [-0.3, -0.25) is 4.90 Å². The maximum Gasteiger partial charge on any atom is 0.139 e. The first-order valence-corrected chi connectivity index (χ1v) is 8.03. The van der Waals surface area contributed by atoms with E-state index in [1.54, 1.807) is 6.07 Å². The Morgan fingerprint density at radius 2 is 1.95 bits per heavy atom. The lowest BCUT2D eigenvalue weighted by molar-refractivity contribution is 0.158. The minimum absolute atomic E-state index is 0.195. The van der Waals surface area contributed by atoms with Crippen LogP contribution in [0.15, 0.2) is 12.1 Å². The predicted molar refractivity (Wildman–Crippen MR) is 82.7 cm³/mol. The Kier molecular flexibility index (Phi) is 4.41. The third-order valence-electron chi connectivity index (χ3n) is 4.26. The summed E-state index contributed by atoms with van der Waals surface area (Å²) in [6.45, 7) is 3.99. The second kappa shape index (κ2) is 6.10. The summed E-state index contributed by atoms with van der Waals surface area (Å²) in [4.78, 5) is 2.44. The highest BCUT2D eigenvalue weighted by atomic mass is 35.5. The Hall–Kier alpha value is -0.480. The minimum Gasteiger partial charge on any atom is -0.506 e. The molecule has 1 atom stereocenters. The summed E-state index contributed by atoms with van der Waals surface area (Å²) in [5, 5.41) is 14.6. The van der Waals surface area contributed by atoms with Crippen LogP contribution in [0.3, 0.4) is 0 Å². The zero-order chi connectivity index (χ0) is 14.1. The van der Waals surface area contributed by atoms with E-state index in [4.69, 9.17) is 23.2 Å². The van der Waals surface area contributed by atoms with Gasteiger partial charge in [-0.25, -0.2) is 0 Å². The number of aromatic hydroxyl groups is 1. The van der Waals surface area contributed by atoms with E-state index in [9.17, 15) is 5.11 Å². The zero-order valence-corrected chi connectivity index (χ0v) is 12.9. The Bertz CT molecular complexity index is 485. The van der Waals surface area contributed by atoms with Gasteiger partial charge in [0.1, 0.15) is 5.75 Å². The molecule has 1 aromatic rings. The Labute approximate surface area is 129 Å². The average molecular weight is 315 g/mol. The van der Waals surface area contributed by atoms with Gasteiger partial charge in [0, 0.05) is 42.8 Å². The van der Waals surface area contributed by atoms with E-state index in [0.717, 1.165) is 44.1 Å². The third-order valence-corrected chi connectivity index (χ3v) is 4.77. The van der Waals surface area contributed by atoms with Crippen LogP contribution in [-0.4, -0.2) is 36.2 Å². The molecule has 3 nitrogen and oxygen atoms in total. The van der Waals surface area contributed by atoms with Crippen LogP contribution in [0.5, 0.6) is 5.75 Å². The zero-order valence-electron chi connectivity index (χ0n) is 11.4. The van der Waals surface area contributed by atoms with Gasteiger partial charge in [0.25, 0.3) is 0 Å². The van der Waals surface area contributed by atoms with Gasteiger partial charge in [-0.05, 0) is 24.5 Å². The molecular formula is C15H20Cl2N2O. The Morgan fingerprint density at radius 1 is 1.25 bits per heavy atom. The number of halogens is 2. The third kappa shape index (κ3) is 3.22. The monoisotopic (exact) mass is 314 g/mol. The molecule has 0 radical (unpaired) electrons. The van der Waals surface area contributed by atoms with Crippen LogP contribution < -0.4 is 5.32 Å². The van der Waals surface area contributed by atoms with Crippen molar-refractivity contribution in [2.45, 2.75) is 25.3 Å². The van der Waals surface area contributed by atoms with E-state index < -0.39 is 0 Å². The number of rotatable bonds is 4. The number of phenolic OH excluding ortho intramolecular Hbond substituents is 1. The molecule has 2 fully saturated rings. The second-order valence-electron chi connectivity index (χ2n) is 5.81. The van der Waals surface area contributed by atoms with E-state index in [2.05, 4.69) is 10.2 Å². The molecule has 1 aromatic carbocycles. The molecule has 2 N–H and O–H groups in total. The van der Waals surface area contributed by atoms with Crippen LogP contribution in [0.25, 0.3) is 0 Å². The summed E-state index contributed by atoms with van der Waals surface area (Å²) in [5.74, 6) is 0.979. The second-order valence-corrected chi connectivity index (χ2v) is 6.65. The molecular weight excluding hydrogens is 295 g/mol. The van der Waals surface area contributed by atoms with Crippen LogP contribution in [0.4, 0.5) is 0 Å². The van der Waals surface area contributed by atoms with Crippen LogP contribution in [0.1, 0.15) is 30.9 Å². The van der Waals surface area contributed by atoms with Crippen LogP contribution >= 0.6 is 23.2 Å². The van der Waals surface area contributed by atoms with Crippen molar-refractivity contribution in [1.82, 2.24) is 10.2 Å². The molecule has 20 heavy (non-hydrogen) atoms. The standard InChI is InChI=1S/C15H20Cl2N2O/c16-11-8-12(15(20)13(17)9-11)14(7-10-1-2-10)19-5-3-18-4-6-19/h8-10,14,18,20H,1-7H2/t14-/m1/s1. The molecule has 110 valence electrons. The average Bonchev–Trinajstić information content (AvgIpc) is 3.25. The van der Waals surface area contributed by atoms with Crippen LogP contribution in [-0.2, 0) is 0 Å². The van der Waals surface area contributed by atoms with Gasteiger partial charge in [-0.1, -0.05) is 36.0 Å². The van der Waals surface area contributed by atoms with Gasteiger partial charge < -0.3 is 10.4 Å². The van der Waals surface area contributed by atoms with Crippen molar-refractivity contribution >= 4 is 23.2 Å². The summed E-state index contributed by atoms with van der Waals surface area (Å²) >= 11 is 12.2. The molecule has 1 aliphatic heterocycles. The lowest BCUT2D eigenvalue weighted by Crippen LogP contribution is -2.45. The smallest absolute Gasteiger partial charge is 0.139 e. The summed E-state index contributed by atoms with van der Waals surface area (Å²) in [5.41, 5.74) is 0.885. The lowest BCUT2D eigenvalue weighted by atomic mass is 9.97. The number of nitrogens with one attached hydrogen (secondary N) is 1. The van der Waals surface area contributed by atoms with Crippen LogP contribution in [0.2, 0.25) is 10.0 Å². The highest BCUT2D eigenvalue weighted by molar-refractivity contribution is 6.35. The number of piperazine rings is 1. The molecule has 0 spiro atoms. The number of hydrogen-bond acceptors (Lipinski definition) is 3. The van der Waals surface area contributed by atoms with E-state index in [-0.39, 0.29) is 11.8 Å². The van der Waals surface area contributed by atoms with E-state index >= 15 is 0 Å². The summed E-state index contributed by atoms with van der Waals surface area (Å²) in [6, 6.07) is 3.70. The molecule has 1 saturated carbocycles. The van der Waals surface area contributed by atoms with Gasteiger partial charge in [-0.2, -0.15) is 0 Å². The van der Waals surface area contributed by atoms with Crippen LogP contribution in [0, 0.1) is 5.92 Å². The largest absolute Gasteiger partial charge is 0.506 e. The quantitative estimate of drug-likeness (QED) is 0.893. The minimum atomic E-state index is 0.195. The van der Waals surface area contributed by atoms with Crippen molar-refractivity contribution in [2.24, 2.45) is 5.92 Å². The molecule has 1 saturated heterocycles. The molecule has 0 unspecified atom stereocenters. The predicted octanol–water partition coefficient (Wildman–Crippen LogP) is 3.45. The number of benzene rings is 1. The van der Waals surface area contributed by atoms with Gasteiger partial charge in [0.2, 0.25) is 0 Å². The van der Waals surface area contributed by atoms with Gasteiger partial charge in [0.15, 0.2) is 0 Å². The van der Waals surface area contributed by atoms with E-state index in [1.807, 2.05) is 6.07 Å². The first kappa shape index (κ1) is 14.5. The topological polar surface area (TPSA) is 35.5 Å². The van der Waals surface area contributed by atoms with Gasteiger partial charge in [-0.15, -0.1) is 0 Å². The van der Waals surface area contributed by atoms with Crippen molar-refractivity contribution in [3.05, 3.63) is 27.7 Å². The first-order chi connectivity index (χ1) is 9.65. The molecule has 0 amide bonds. The molecule has 2 aliphatic rings. The van der Waals surface area contributed by atoms with Crippen molar-refractivity contribution in [1.29, 1.82) is 0 Å². The highest BCUT2D eigenvalue weighted by Gasteiger charge is 2.32. The molecule has 5 heteroatoms. The molecule has 0 bridgehead atoms. The van der Waals surface area contributed by atoms with Crippen molar-refractivity contribution in [2.75, 3.05) is 26.2 Å². The Morgan fingerprint density at radius 3 is 2.60 bits per heavy atom. The summed E-state index contributed by atoms with van der Waals surface area (Å²) in [6.07, 6.45) is 3.69. The lowest BCUT2D eigenvalue weighted by Gasteiger charge is -2.35. The highest BCUT2D eigenvalue weighted by Crippen LogP contribution is 2.44. The van der Waals surface area contributed by atoms with Crippen molar-refractivity contribution in [3.8, 4) is 5.75 Å². The summed E-state index contributed by atoms with van der Waals surface area (Å²) in [7, 11) is 0. The number of phenols is 1. The molecule has 1 aliphatic carbocycles. The molecule has 3 rings (SSSR count). The number of nitrogens with zero attached hydrogens (tertiary/aromatic N) is 1. The fourth-order valence-corrected chi connectivity index (χ4v) is 3.48. The fraction of sp³-hybridized carbons (Fsp3) is 0.600. The van der Waals surface area contributed by atoms with Crippen molar-refractivity contribution in [3.63, 3.8) is 0 Å². The maximum absolute atomic E-state index is 10.3. The normalized spacial score (nSPS) is 21.9. The van der Waals surface area contributed by atoms with Gasteiger partial charge >= 0.3 is 0 Å². The van der Waals surface area contributed by atoms with E-state index in [0.29, 0.717) is 10.0 Å². The van der Waals surface area contributed by atoms with Crippen molar-refractivity contribution < 1.29 is 5.11 Å². The SMILES string of the molecule is Oc1c(Cl)cc(Cl)cc1[C@@H](CC1CC1)N1CCNCC1. The van der Waals surface area contributed by atoms with Gasteiger partial charge in [0.05, 0.1) is 5.02 Å². The number of hydrogen-bond donors (Lipinski definition) is 2.